The average Bonchev–Trinajstić information content (AvgIpc) is 3.03. The molecule has 0 aliphatic heterocycles. The van der Waals surface area contributed by atoms with E-state index in [1.807, 2.05) is 20.8 Å². The largest absolute Gasteiger partial charge is 0.339 e. The summed E-state index contributed by atoms with van der Waals surface area (Å²) in [5.74, 6) is 0.411. The zero-order valence-corrected chi connectivity index (χ0v) is 15.3. The molecule has 1 N–H and O–H groups in total. The van der Waals surface area contributed by atoms with E-state index in [1.165, 1.54) is 6.07 Å². The third-order valence-corrected chi connectivity index (χ3v) is 4.40. The van der Waals surface area contributed by atoms with Crippen LogP contribution >= 0.6 is 11.3 Å². The summed E-state index contributed by atoms with van der Waals surface area (Å²) in [6, 6.07) is 1.28. The van der Waals surface area contributed by atoms with Crippen molar-refractivity contribution in [2.45, 2.75) is 52.5 Å². The number of rotatable bonds is 4. The fraction of sp³-hybridized carbons (Fsp3) is 0.533. The Hall–Kier alpha value is -2.29. The van der Waals surface area contributed by atoms with E-state index in [1.54, 1.807) is 20.8 Å². The highest BCUT2D eigenvalue weighted by Gasteiger charge is 2.32. The molecule has 0 bridgehead atoms. The molecule has 130 valence electrons. The van der Waals surface area contributed by atoms with Gasteiger partial charge in [0, 0.05) is 11.5 Å². The Bertz CT molecular complexity index is 786. The lowest BCUT2D eigenvalue weighted by Crippen LogP contribution is -2.41. The molecular weight excluding hydrogens is 332 g/mol. The van der Waals surface area contributed by atoms with Crippen molar-refractivity contribution < 1.29 is 14.2 Å². The van der Waals surface area contributed by atoms with Crippen LogP contribution in [0.15, 0.2) is 10.6 Å². The van der Waals surface area contributed by atoms with Gasteiger partial charge in [-0.3, -0.25) is 14.9 Å². The third-order valence-electron chi connectivity index (χ3n) is 3.36. The van der Waals surface area contributed by atoms with Crippen LogP contribution in [0.3, 0.4) is 0 Å². The first-order valence-corrected chi connectivity index (χ1v) is 8.15. The molecule has 0 aromatic carbocycles. The van der Waals surface area contributed by atoms with Gasteiger partial charge in [-0.15, -0.1) is 11.3 Å². The van der Waals surface area contributed by atoms with Crippen LogP contribution in [-0.2, 0) is 11.0 Å². The maximum absolute atomic E-state index is 12.4. The van der Waals surface area contributed by atoms with Crippen LogP contribution in [0.2, 0.25) is 0 Å². The summed E-state index contributed by atoms with van der Waals surface area (Å²) in [4.78, 5) is 27.9. The van der Waals surface area contributed by atoms with Gasteiger partial charge in [-0.05, 0) is 20.8 Å². The van der Waals surface area contributed by atoms with Gasteiger partial charge in [0.15, 0.2) is 5.82 Å². The standard InChI is InChI=1S/C15H20N4O4S/c1-8-9(19(21)22)7-10(24-8)11(20)17-15(5,6)12-16-13(23-18-12)14(2,3)4/h7H,1-6H3,(H,17,20). The molecular formula is C15H20N4O4S. The van der Waals surface area contributed by atoms with Crippen molar-refractivity contribution in [3.05, 3.63) is 37.7 Å². The molecule has 0 fully saturated rings. The fourth-order valence-corrected chi connectivity index (χ4v) is 2.83. The molecule has 2 rings (SSSR count). The highest BCUT2D eigenvalue weighted by Crippen LogP contribution is 2.29. The minimum absolute atomic E-state index is 0.0578. The van der Waals surface area contributed by atoms with Crippen molar-refractivity contribution in [2.75, 3.05) is 0 Å². The number of nitrogens with zero attached hydrogens (tertiary/aromatic N) is 3. The fourth-order valence-electron chi connectivity index (χ4n) is 1.95. The summed E-state index contributed by atoms with van der Waals surface area (Å²) in [6.07, 6.45) is 0. The monoisotopic (exact) mass is 352 g/mol. The van der Waals surface area contributed by atoms with Crippen molar-refractivity contribution >= 4 is 22.9 Å². The quantitative estimate of drug-likeness (QED) is 0.667. The first kappa shape index (κ1) is 18.1. The molecule has 0 atom stereocenters. The highest BCUT2D eigenvalue weighted by atomic mass is 32.1. The van der Waals surface area contributed by atoms with Gasteiger partial charge in [-0.25, -0.2) is 0 Å². The van der Waals surface area contributed by atoms with E-state index in [-0.39, 0.29) is 16.0 Å². The third kappa shape index (κ3) is 3.61. The zero-order chi connectivity index (χ0) is 18.3. The van der Waals surface area contributed by atoms with Crippen LogP contribution in [-0.4, -0.2) is 21.0 Å². The Balaban J connectivity index is 2.22. The van der Waals surface area contributed by atoms with E-state index in [2.05, 4.69) is 15.5 Å². The topological polar surface area (TPSA) is 111 Å². The number of hydrogen-bond acceptors (Lipinski definition) is 7. The van der Waals surface area contributed by atoms with E-state index in [0.717, 1.165) is 11.3 Å². The number of aromatic nitrogens is 2. The van der Waals surface area contributed by atoms with Crippen LogP contribution in [0.4, 0.5) is 5.69 Å². The van der Waals surface area contributed by atoms with Crippen LogP contribution in [0, 0.1) is 17.0 Å². The lowest BCUT2D eigenvalue weighted by atomic mass is 9.97. The molecule has 8 nitrogen and oxygen atoms in total. The molecule has 0 aliphatic rings. The SMILES string of the molecule is Cc1sc(C(=O)NC(C)(C)c2noc(C(C)(C)C)n2)cc1[N+](=O)[O-]. The van der Waals surface area contributed by atoms with E-state index >= 15 is 0 Å². The van der Waals surface area contributed by atoms with E-state index in [9.17, 15) is 14.9 Å². The molecule has 0 radical (unpaired) electrons. The molecule has 2 heterocycles. The minimum Gasteiger partial charge on any atom is -0.339 e. The second-order valence-electron chi connectivity index (χ2n) is 7.06. The van der Waals surface area contributed by atoms with Crippen LogP contribution in [0.1, 0.15) is 60.9 Å². The Kier molecular flexibility index (Phi) is 4.49. The van der Waals surface area contributed by atoms with E-state index in [0.29, 0.717) is 16.6 Å². The van der Waals surface area contributed by atoms with Crippen molar-refractivity contribution in [1.29, 1.82) is 0 Å². The zero-order valence-electron chi connectivity index (χ0n) is 14.5. The molecule has 0 aliphatic carbocycles. The summed E-state index contributed by atoms with van der Waals surface area (Å²) in [5, 5.41) is 17.7. The number of thiophene rings is 1. The lowest BCUT2D eigenvalue weighted by molar-refractivity contribution is -0.385. The Morgan fingerprint density at radius 2 is 1.96 bits per heavy atom. The number of hydrogen-bond donors (Lipinski definition) is 1. The highest BCUT2D eigenvalue weighted by molar-refractivity contribution is 7.14. The van der Waals surface area contributed by atoms with Gasteiger partial charge in [0.2, 0.25) is 5.89 Å². The van der Waals surface area contributed by atoms with Gasteiger partial charge in [-0.2, -0.15) is 4.98 Å². The van der Waals surface area contributed by atoms with Crippen LogP contribution in [0.25, 0.3) is 0 Å². The van der Waals surface area contributed by atoms with Gasteiger partial charge in [-0.1, -0.05) is 25.9 Å². The number of carbonyl (C=O) groups is 1. The molecule has 0 saturated carbocycles. The smallest absolute Gasteiger partial charge is 0.283 e. The first-order chi connectivity index (χ1) is 10.9. The normalized spacial score (nSPS) is 12.2. The molecule has 1 amide bonds. The Labute approximate surface area is 143 Å². The van der Waals surface area contributed by atoms with E-state index in [4.69, 9.17) is 4.52 Å². The van der Waals surface area contributed by atoms with Crippen LogP contribution < -0.4 is 5.32 Å². The summed E-state index contributed by atoms with van der Waals surface area (Å²) in [7, 11) is 0. The minimum atomic E-state index is -0.878. The summed E-state index contributed by atoms with van der Waals surface area (Å²) in [5.41, 5.74) is -1.23. The second-order valence-corrected chi connectivity index (χ2v) is 8.32. The summed E-state index contributed by atoms with van der Waals surface area (Å²) >= 11 is 1.08. The summed E-state index contributed by atoms with van der Waals surface area (Å²) in [6.45, 7) is 10.9. The van der Waals surface area contributed by atoms with Gasteiger partial charge in [0.05, 0.1) is 20.2 Å². The molecule has 0 spiro atoms. The molecule has 2 aromatic rings. The average molecular weight is 352 g/mol. The number of aryl methyl sites for hydroxylation is 1. The first-order valence-electron chi connectivity index (χ1n) is 7.34. The molecule has 24 heavy (non-hydrogen) atoms. The van der Waals surface area contributed by atoms with E-state index < -0.39 is 16.4 Å². The number of nitrogens with one attached hydrogen (secondary N) is 1. The number of nitro groups is 1. The molecule has 2 aromatic heterocycles. The predicted molar refractivity (Wildman–Crippen MR) is 89.2 cm³/mol. The van der Waals surface area contributed by atoms with Gasteiger partial charge in [0.25, 0.3) is 11.6 Å². The lowest BCUT2D eigenvalue weighted by Gasteiger charge is -2.22. The maximum atomic E-state index is 12.4. The molecule has 9 heteroatoms. The predicted octanol–water partition coefficient (Wildman–Crippen LogP) is 3.31. The van der Waals surface area contributed by atoms with Crippen LogP contribution in [0.5, 0.6) is 0 Å². The van der Waals surface area contributed by atoms with Crippen molar-refractivity contribution in [3.63, 3.8) is 0 Å². The Morgan fingerprint density at radius 3 is 2.42 bits per heavy atom. The molecule has 0 unspecified atom stereocenters. The number of carbonyl (C=O) groups excluding carboxylic acids is 1. The number of amides is 1. The second kappa shape index (κ2) is 5.97. The van der Waals surface area contributed by atoms with Gasteiger partial charge in [0.1, 0.15) is 0 Å². The van der Waals surface area contributed by atoms with Gasteiger partial charge >= 0.3 is 0 Å². The summed E-state index contributed by atoms with van der Waals surface area (Å²) < 4.78 is 5.26. The van der Waals surface area contributed by atoms with Crippen molar-refractivity contribution in [3.8, 4) is 0 Å². The van der Waals surface area contributed by atoms with Crippen molar-refractivity contribution in [1.82, 2.24) is 15.5 Å². The maximum Gasteiger partial charge on any atom is 0.283 e. The van der Waals surface area contributed by atoms with Crippen molar-refractivity contribution in [2.24, 2.45) is 0 Å². The van der Waals surface area contributed by atoms with Gasteiger partial charge < -0.3 is 9.84 Å². The molecule has 0 saturated heterocycles. The Morgan fingerprint density at radius 1 is 1.33 bits per heavy atom.